The van der Waals surface area contributed by atoms with Gasteiger partial charge in [-0.3, -0.25) is 14.4 Å². The van der Waals surface area contributed by atoms with Crippen LogP contribution in [0, 0.1) is 17.2 Å². The van der Waals surface area contributed by atoms with Crippen molar-refractivity contribution in [2.75, 3.05) is 19.7 Å². The Kier molecular flexibility index (Phi) is 6.11. The quantitative estimate of drug-likeness (QED) is 0.778. The summed E-state index contributed by atoms with van der Waals surface area (Å²) in [5.41, 5.74) is -0.809. The van der Waals surface area contributed by atoms with Gasteiger partial charge in [0.2, 0.25) is 0 Å². The van der Waals surface area contributed by atoms with Crippen molar-refractivity contribution in [2.45, 2.75) is 44.1 Å². The van der Waals surface area contributed by atoms with Gasteiger partial charge >= 0.3 is 5.97 Å². The molecule has 1 aliphatic heterocycles. The first-order chi connectivity index (χ1) is 13.0. The second-order valence-electron chi connectivity index (χ2n) is 7.10. The highest BCUT2D eigenvalue weighted by Crippen LogP contribution is 2.28. The number of carbonyl (C=O) groups excluding carboxylic acids is 3. The summed E-state index contributed by atoms with van der Waals surface area (Å²) in [5, 5.41) is 13.9. The van der Waals surface area contributed by atoms with Crippen molar-refractivity contribution in [2.24, 2.45) is 5.92 Å². The van der Waals surface area contributed by atoms with Crippen LogP contribution in [-0.2, 0) is 14.3 Å². The summed E-state index contributed by atoms with van der Waals surface area (Å²) in [7, 11) is 0. The third-order valence-electron chi connectivity index (χ3n) is 5.24. The number of nitrogens with zero attached hydrogens (tertiary/aromatic N) is 2. The van der Waals surface area contributed by atoms with Gasteiger partial charge in [0.25, 0.3) is 11.8 Å². The molecule has 1 aromatic heterocycles. The number of carbonyl (C=O) groups is 3. The molecule has 0 spiro atoms. The minimum atomic E-state index is -0.809. The van der Waals surface area contributed by atoms with E-state index in [0.29, 0.717) is 43.6 Å². The van der Waals surface area contributed by atoms with E-state index in [1.807, 2.05) is 11.4 Å². The molecule has 1 saturated heterocycles. The molecule has 8 heteroatoms. The van der Waals surface area contributed by atoms with Crippen molar-refractivity contribution < 1.29 is 19.1 Å². The summed E-state index contributed by atoms with van der Waals surface area (Å²) >= 11 is 1.41. The predicted octanol–water partition coefficient (Wildman–Crippen LogP) is 2.10. The molecule has 0 radical (unpaired) electrons. The van der Waals surface area contributed by atoms with Crippen LogP contribution in [0.15, 0.2) is 17.5 Å². The fraction of sp³-hybridized carbons (Fsp3) is 0.579. The van der Waals surface area contributed by atoms with Crippen LogP contribution in [0.5, 0.6) is 0 Å². The summed E-state index contributed by atoms with van der Waals surface area (Å²) in [4.78, 5) is 39.0. The largest absolute Gasteiger partial charge is 0.455 e. The number of likely N-dealkylation sites (tertiary alicyclic amines) is 1. The molecule has 2 fully saturated rings. The van der Waals surface area contributed by atoms with Crippen LogP contribution in [0.25, 0.3) is 0 Å². The number of hydrogen-bond acceptors (Lipinski definition) is 6. The Morgan fingerprint density at radius 1 is 1.30 bits per heavy atom. The third-order valence-corrected chi connectivity index (χ3v) is 6.10. The van der Waals surface area contributed by atoms with Crippen molar-refractivity contribution in [3.63, 3.8) is 0 Å². The lowest BCUT2D eigenvalue weighted by molar-refractivity contribution is -0.154. The zero-order valence-electron chi connectivity index (χ0n) is 15.1. The summed E-state index contributed by atoms with van der Waals surface area (Å²) in [6, 6.07) is 5.82. The van der Waals surface area contributed by atoms with Crippen molar-refractivity contribution >= 4 is 29.1 Å². The highest BCUT2D eigenvalue weighted by molar-refractivity contribution is 7.12. The van der Waals surface area contributed by atoms with Crippen LogP contribution in [-0.4, -0.2) is 47.9 Å². The van der Waals surface area contributed by atoms with Gasteiger partial charge in [0, 0.05) is 13.1 Å². The fourth-order valence-corrected chi connectivity index (χ4v) is 4.37. The Balaban J connectivity index is 1.41. The minimum absolute atomic E-state index is 0.00504. The summed E-state index contributed by atoms with van der Waals surface area (Å²) < 4.78 is 5.15. The van der Waals surface area contributed by atoms with E-state index in [9.17, 15) is 19.6 Å². The molecule has 1 saturated carbocycles. The summed E-state index contributed by atoms with van der Waals surface area (Å²) in [6.45, 7) is 0.636. The highest BCUT2D eigenvalue weighted by Gasteiger charge is 2.36. The average Bonchev–Trinajstić information content (AvgIpc) is 3.38. The van der Waals surface area contributed by atoms with E-state index in [1.54, 1.807) is 11.0 Å². The number of rotatable bonds is 5. The van der Waals surface area contributed by atoms with Gasteiger partial charge in [0.1, 0.15) is 5.54 Å². The van der Waals surface area contributed by atoms with Crippen molar-refractivity contribution in [1.29, 1.82) is 5.26 Å². The van der Waals surface area contributed by atoms with Crippen molar-refractivity contribution in [3.05, 3.63) is 22.4 Å². The molecular formula is C19H23N3O4S. The van der Waals surface area contributed by atoms with E-state index in [4.69, 9.17) is 4.74 Å². The first-order valence-corrected chi connectivity index (χ1v) is 10.1. The Morgan fingerprint density at radius 3 is 2.59 bits per heavy atom. The molecule has 0 bridgehead atoms. The van der Waals surface area contributed by atoms with Crippen LogP contribution in [0.1, 0.15) is 48.2 Å². The molecule has 3 rings (SSSR count). The van der Waals surface area contributed by atoms with Crippen LogP contribution >= 0.6 is 11.3 Å². The van der Waals surface area contributed by atoms with Crippen LogP contribution in [0.2, 0.25) is 0 Å². The van der Waals surface area contributed by atoms with E-state index in [2.05, 4.69) is 11.4 Å². The highest BCUT2D eigenvalue weighted by atomic mass is 32.1. The number of nitriles is 1. The average molecular weight is 389 g/mol. The van der Waals surface area contributed by atoms with Gasteiger partial charge in [0.05, 0.1) is 16.9 Å². The number of piperidine rings is 1. The van der Waals surface area contributed by atoms with Gasteiger partial charge in [-0.25, -0.2) is 0 Å². The lowest BCUT2D eigenvalue weighted by atomic mass is 9.97. The second kappa shape index (κ2) is 8.53. The maximum absolute atomic E-state index is 12.3. The second-order valence-corrected chi connectivity index (χ2v) is 8.05. The maximum Gasteiger partial charge on any atom is 0.309 e. The zero-order chi connectivity index (χ0) is 19.3. The molecule has 2 aliphatic rings. The van der Waals surface area contributed by atoms with Gasteiger partial charge in [-0.15, -0.1) is 11.3 Å². The Morgan fingerprint density at radius 2 is 2.00 bits per heavy atom. The predicted molar refractivity (Wildman–Crippen MR) is 98.9 cm³/mol. The van der Waals surface area contributed by atoms with E-state index in [-0.39, 0.29) is 18.4 Å². The normalized spacial score (nSPS) is 19.3. The van der Waals surface area contributed by atoms with Gasteiger partial charge in [-0.1, -0.05) is 6.07 Å². The minimum Gasteiger partial charge on any atom is -0.455 e. The fourth-order valence-electron chi connectivity index (χ4n) is 3.68. The molecule has 2 heterocycles. The number of hydrogen-bond donors (Lipinski definition) is 1. The lowest BCUT2D eigenvalue weighted by Gasteiger charge is -2.30. The molecule has 7 nitrogen and oxygen atoms in total. The Bertz CT molecular complexity index is 727. The van der Waals surface area contributed by atoms with Crippen LogP contribution < -0.4 is 5.32 Å². The number of esters is 1. The van der Waals surface area contributed by atoms with E-state index < -0.39 is 17.4 Å². The molecule has 1 N–H and O–H groups in total. The lowest BCUT2D eigenvalue weighted by Crippen LogP contribution is -2.47. The number of ether oxygens (including phenoxy) is 1. The molecule has 27 heavy (non-hydrogen) atoms. The van der Waals surface area contributed by atoms with Gasteiger partial charge in [-0.05, 0) is 50.0 Å². The molecule has 2 amide bonds. The molecule has 0 aromatic carbocycles. The van der Waals surface area contributed by atoms with Gasteiger partial charge in [-0.2, -0.15) is 5.26 Å². The monoisotopic (exact) mass is 389 g/mol. The Labute approximate surface area is 162 Å². The van der Waals surface area contributed by atoms with Crippen LogP contribution in [0.3, 0.4) is 0 Å². The molecule has 0 unspecified atom stereocenters. The molecule has 1 aliphatic carbocycles. The topological polar surface area (TPSA) is 99.5 Å². The van der Waals surface area contributed by atoms with E-state index in [0.717, 1.165) is 12.8 Å². The molecule has 0 atom stereocenters. The third kappa shape index (κ3) is 4.66. The Hall–Kier alpha value is -2.40. The first kappa shape index (κ1) is 19.4. The van der Waals surface area contributed by atoms with Crippen LogP contribution in [0.4, 0.5) is 0 Å². The van der Waals surface area contributed by atoms with Gasteiger partial charge < -0.3 is 15.0 Å². The van der Waals surface area contributed by atoms with E-state index >= 15 is 0 Å². The molecule has 1 aromatic rings. The van der Waals surface area contributed by atoms with Crippen molar-refractivity contribution in [1.82, 2.24) is 10.2 Å². The number of thiophene rings is 1. The number of nitrogens with one attached hydrogen (secondary N) is 1. The molecular weight excluding hydrogens is 366 g/mol. The van der Waals surface area contributed by atoms with Gasteiger partial charge in [0.15, 0.2) is 6.61 Å². The molecule has 144 valence electrons. The van der Waals surface area contributed by atoms with E-state index in [1.165, 1.54) is 11.3 Å². The summed E-state index contributed by atoms with van der Waals surface area (Å²) in [6.07, 6.45) is 4.16. The zero-order valence-corrected chi connectivity index (χ0v) is 15.9. The smallest absolute Gasteiger partial charge is 0.309 e. The number of amides is 2. The first-order valence-electron chi connectivity index (χ1n) is 9.25. The standard InChI is InChI=1S/C19H23N3O4S/c20-13-19(7-1-2-8-19)21-16(23)12-26-18(25)14-5-9-22(10-6-14)17(24)15-4-3-11-27-15/h3-4,11,14H,1-2,5-10,12H2,(H,21,23). The van der Waals surface area contributed by atoms with Crippen molar-refractivity contribution in [3.8, 4) is 6.07 Å². The SMILES string of the molecule is N#CC1(NC(=O)COC(=O)C2CCN(C(=O)c3cccs3)CC2)CCCC1. The maximum atomic E-state index is 12.3. The summed E-state index contributed by atoms with van der Waals surface area (Å²) in [5.74, 6) is -1.15.